The number of nitrogens with zero attached hydrogens (tertiary/aromatic N) is 4. The number of tetrazole rings is 1. The van der Waals surface area contributed by atoms with E-state index in [-0.39, 0.29) is 12.7 Å². The number of carbonyl (C=O) groups is 1. The highest BCUT2D eigenvalue weighted by Gasteiger charge is 2.01. The van der Waals surface area contributed by atoms with Crippen molar-refractivity contribution < 1.29 is 9.53 Å². The Morgan fingerprint density at radius 3 is 3.08 bits per heavy atom. The van der Waals surface area contributed by atoms with E-state index in [0.717, 1.165) is 11.2 Å². The zero-order valence-corrected chi connectivity index (χ0v) is 6.73. The van der Waals surface area contributed by atoms with Crippen molar-refractivity contribution in [2.24, 2.45) is 0 Å². The van der Waals surface area contributed by atoms with Crippen LogP contribution in [0.1, 0.15) is 19.8 Å². The summed E-state index contributed by atoms with van der Waals surface area (Å²) in [6, 6.07) is 0. The van der Waals surface area contributed by atoms with Gasteiger partial charge in [0, 0.05) is 6.42 Å². The van der Waals surface area contributed by atoms with Crippen molar-refractivity contribution in [3.63, 3.8) is 0 Å². The molecule has 0 aromatic carbocycles. The van der Waals surface area contributed by atoms with Crippen LogP contribution in [0.3, 0.4) is 0 Å². The Kier molecular flexibility index (Phi) is 3.18. The smallest absolute Gasteiger partial charge is 0.307 e. The van der Waals surface area contributed by atoms with E-state index in [9.17, 15) is 4.79 Å². The number of carbonyl (C=O) groups excluding carboxylic acids is 1. The standard InChI is InChI=1S/C6H9N4O2/c1-2-3-6(11)12-5-10-8-4-7-9-10/h2-3,5H2,1H3. The third kappa shape index (κ3) is 2.65. The summed E-state index contributed by atoms with van der Waals surface area (Å²) in [7, 11) is 0. The van der Waals surface area contributed by atoms with Gasteiger partial charge in [0.25, 0.3) is 0 Å². The lowest BCUT2D eigenvalue weighted by atomic mass is 10.3. The van der Waals surface area contributed by atoms with Crippen molar-refractivity contribution in [3.05, 3.63) is 6.33 Å². The Hall–Kier alpha value is -1.46. The molecule has 0 fully saturated rings. The van der Waals surface area contributed by atoms with Crippen LogP contribution < -0.4 is 0 Å². The molecule has 6 nitrogen and oxygen atoms in total. The lowest BCUT2D eigenvalue weighted by molar-refractivity contribution is -0.148. The summed E-state index contributed by atoms with van der Waals surface area (Å²) in [6.07, 6.45) is 3.43. The number of ether oxygens (including phenoxy) is 1. The van der Waals surface area contributed by atoms with Gasteiger partial charge in [-0.3, -0.25) is 4.79 Å². The molecule has 0 spiro atoms. The van der Waals surface area contributed by atoms with Crippen molar-refractivity contribution in [2.75, 3.05) is 0 Å². The predicted molar refractivity (Wildman–Crippen MR) is 37.7 cm³/mol. The molecule has 1 aromatic heterocycles. The van der Waals surface area contributed by atoms with Crippen molar-refractivity contribution >= 4 is 5.97 Å². The second kappa shape index (κ2) is 4.42. The molecular formula is C6H9N4O2. The first-order valence-electron chi connectivity index (χ1n) is 3.62. The fourth-order valence-corrected chi connectivity index (χ4v) is 0.624. The highest BCUT2D eigenvalue weighted by Crippen LogP contribution is 1.91. The first kappa shape index (κ1) is 8.63. The van der Waals surface area contributed by atoms with Crippen LogP contribution in [-0.4, -0.2) is 26.2 Å². The molecule has 1 heterocycles. The Morgan fingerprint density at radius 1 is 1.67 bits per heavy atom. The molecule has 0 saturated heterocycles. The maximum absolute atomic E-state index is 10.8. The van der Waals surface area contributed by atoms with E-state index >= 15 is 0 Å². The second-order valence-electron chi connectivity index (χ2n) is 2.16. The molecule has 0 aliphatic heterocycles. The molecule has 0 aliphatic carbocycles. The third-order valence-electron chi connectivity index (χ3n) is 1.15. The molecule has 0 unspecified atom stereocenters. The molecule has 6 heteroatoms. The maximum Gasteiger partial charge on any atom is 0.307 e. The van der Waals surface area contributed by atoms with Gasteiger partial charge in [-0.1, -0.05) is 6.92 Å². The van der Waals surface area contributed by atoms with Crippen LogP contribution in [-0.2, 0) is 16.3 Å². The van der Waals surface area contributed by atoms with Gasteiger partial charge in [-0.15, -0.1) is 15.0 Å². The molecule has 1 rings (SSSR count). The molecule has 0 saturated carbocycles. The average Bonchev–Trinajstić information content (AvgIpc) is 2.53. The van der Waals surface area contributed by atoms with Crippen LogP contribution >= 0.6 is 0 Å². The molecule has 0 bridgehead atoms. The molecule has 1 radical (unpaired) electrons. The number of hydrogen-bond acceptors (Lipinski definition) is 5. The first-order chi connectivity index (χ1) is 5.83. The molecule has 0 N–H and O–H groups in total. The van der Waals surface area contributed by atoms with Gasteiger partial charge in [0.1, 0.15) is 0 Å². The Morgan fingerprint density at radius 2 is 2.50 bits per heavy atom. The van der Waals surface area contributed by atoms with E-state index in [1.165, 1.54) is 0 Å². The lowest BCUT2D eigenvalue weighted by Crippen LogP contribution is -2.11. The summed E-state index contributed by atoms with van der Waals surface area (Å²) < 4.78 is 4.77. The zero-order chi connectivity index (χ0) is 8.81. The third-order valence-corrected chi connectivity index (χ3v) is 1.15. The minimum absolute atomic E-state index is 0.00926. The fraction of sp³-hybridized carbons (Fsp3) is 0.667. The van der Waals surface area contributed by atoms with E-state index in [1.807, 2.05) is 6.92 Å². The molecule has 65 valence electrons. The Labute approximate surface area is 69.5 Å². The van der Waals surface area contributed by atoms with Gasteiger partial charge in [-0.25, -0.2) is 0 Å². The van der Waals surface area contributed by atoms with Gasteiger partial charge in [-0.2, -0.15) is 0 Å². The van der Waals surface area contributed by atoms with Crippen LogP contribution in [0.15, 0.2) is 0 Å². The number of esters is 1. The highest BCUT2D eigenvalue weighted by molar-refractivity contribution is 5.68. The topological polar surface area (TPSA) is 69.9 Å². The maximum atomic E-state index is 10.8. The van der Waals surface area contributed by atoms with Crippen molar-refractivity contribution in [1.29, 1.82) is 0 Å². The molecule has 12 heavy (non-hydrogen) atoms. The Bertz CT molecular complexity index is 234. The summed E-state index contributed by atoms with van der Waals surface area (Å²) in [6.45, 7) is 1.91. The number of aromatic nitrogens is 4. The van der Waals surface area contributed by atoms with Crippen LogP contribution in [0.4, 0.5) is 0 Å². The normalized spacial score (nSPS) is 9.75. The van der Waals surface area contributed by atoms with Gasteiger partial charge >= 0.3 is 5.97 Å². The van der Waals surface area contributed by atoms with Crippen molar-refractivity contribution in [2.45, 2.75) is 26.5 Å². The summed E-state index contributed by atoms with van der Waals surface area (Å²) in [5.41, 5.74) is 0. The molecular weight excluding hydrogens is 160 g/mol. The molecule has 0 aliphatic rings. The molecule has 0 amide bonds. The van der Waals surface area contributed by atoms with E-state index in [2.05, 4.69) is 21.7 Å². The molecule has 0 atom stereocenters. The van der Waals surface area contributed by atoms with Gasteiger partial charge in [0.15, 0.2) is 0 Å². The largest absolute Gasteiger partial charge is 0.441 e. The summed E-state index contributed by atoms with van der Waals surface area (Å²) >= 11 is 0. The summed E-state index contributed by atoms with van der Waals surface area (Å²) in [4.78, 5) is 12.0. The van der Waals surface area contributed by atoms with Gasteiger partial charge in [-0.05, 0) is 11.6 Å². The van der Waals surface area contributed by atoms with Crippen LogP contribution in [0.5, 0.6) is 0 Å². The zero-order valence-electron chi connectivity index (χ0n) is 6.73. The van der Waals surface area contributed by atoms with Gasteiger partial charge in [0.2, 0.25) is 13.1 Å². The monoisotopic (exact) mass is 169 g/mol. The first-order valence-corrected chi connectivity index (χ1v) is 3.62. The minimum Gasteiger partial charge on any atom is -0.441 e. The number of rotatable bonds is 4. The second-order valence-corrected chi connectivity index (χ2v) is 2.16. The Balaban J connectivity index is 2.22. The van der Waals surface area contributed by atoms with E-state index in [0.29, 0.717) is 6.42 Å². The van der Waals surface area contributed by atoms with Crippen LogP contribution in [0, 0.1) is 6.33 Å². The van der Waals surface area contributed by atoms with Crippen LogP contribution in [0.25, 0.3) is 0 Å². The lowest BCUT2D eigenvalue weighted by Gasteiger charge is -2.00. The molecule has 1 aromatic rings. The van der Waals surface area contributed by atoms with E-state index in [1.54, 1.807) is 0 Å². The van der Waals surface area contributed by atoms with E-state index in [4.69, 9.17) is 4.74 Å². The number of hydrogen-bond donors (Lipinski definition) is 0. The predicted octanol–water partition coefficient (Wildman–Crippen LogP) is -0.226. The van der Waals surface area contributed by atoms with E-state index < -0.39 is 0 Å². The van der Waals surface area contributed by atoms with Gasteiger partial charge in [0.05, 0.1) is 0 Å². The van der Waals surface area contributed by atoms with Crippen LogP contribution in [0.2, 0.25) is 0 Å². The van der Waals surface area contributed by atoms with Crippen molar-refractivity contribution in [1.82, 2.24) is 20.2 Å². The van der Waals surface area contributed by atoms with Crippen molar-refractivity contribution in [3.8, 4) is 0 Å². The fourth-order valence-electron chi connectivity index (χ4n) is 0.624. The highest BCUT2D eigenvalue weighted by atomic mass is 16.5. The average molecular weight is 169 g/mol. The quantitative estimate of drug-likeness (QED) is 0.582. The SMILES string of the molecule is CCCC(=O)OCn1n[c]nn1. The summed E-state index contributed by atoms with van der Waals surface area (Å²) in [5.74, 6) is -0.255. The minimum atomic E-state index is -0.255. The summed E-state index contributed by atoms with van der Waals surface area (Å²) in [5, 5.41) is 10.3. The van der Waals surface area contributed by atoms with Gasteiger partial charge < -0.3 is 4.74 Å².